The molecule has 3 fully saturated rings. The number of likely N-dealkylation sites (tertiary alicyclic amines) is 1. The molecule has 1 saturated heterocycles. The van der Waals surface area contributed by atoms with Crippen molar-refractivity contribution in [1.82, 2.24) is 4.90 Å². The predicted molar refractivity (Wildman–Crippen MR) is 80.1 cm³/mol. The molecule has 2 heteroatoms. The molecule has 3 aliphatic carbocycles. The fourth-order valence-corrected chi connectivity index (χ4v) is 6.00. The molecule has 1 amide bonds. The third kappa shape index (κ3) is 1.87. The Morgan fingerprint density at radius 1 is 1.15 bits per heavy atom. The number of amides is 1. The van der Waals surface area contributed by atoms with Gasteiger partial charge < -0.3 is 4.90 Å². The summed E-state index contributed by atoms with van der Waals surface area (Å²) in [5.41, 5.74) is 0.775. The average Bonchev–Trinajstić information content (AvgIpc) is 2.99. The summed E-state index contributed by atoms with van der Waals surface area (Å²) in [6.45, 7) is 8.17. The summed E-state index contributed by atoms with van der Waals surface area (Å²) in [5, 5.41) is 0. The van der Waals surface area contributed by atoms with Crippen LogP contribution in [-0.4, -0.2) is 23.4 Å². The lowest BCUT2D eigenvalue weighted by Gasteiger charge is -2.39. The van der Waals surface area contributed by atoms with Crippen molar-refractivity contribution in [3.8, 4) is 0 Å². The number of hydrogen-bond donors (Lipinski definition) is 0. The van der Waals surface area contributed by atoms with Crippen LogP contribution in [0.1, 0.15) is 52.9 Å². The molecule has 20 heavy (non-hydrogen) atoms. The molecule has 4 rings (SSSR count). The van der Waals surface area contributed by atoms with Gasteiger partial charge in [-0.3, -0.25) is 4.79 Å². The van der Waals surface area contributed by atoms with E-state index >= 15 is 0 Å². The van der Waals surface area contributed by atoms with Gasteiger partial charge in [0.05, 0.1) is 0 Å². The maximum absolute atomic E-state index is 13.0. The van der Waals surface area contributed by atoms with Crippen molar-refractivity contribution in [3.63, 3.8) is 0 Å². The molecule has 4 bridgehead atoms. The molecule has 110 valence electrons. The fraction of sp³-hybridized carbons (Fsp3) is 0.833. The average molecular weight is 273 g/mol. The van der Waals surface area contributed by atoms with Crippen molar-refractivity contribution in [2.24, 2.45) is 28.6 Å². The Bertz CT molecular complexity index is 480. The van der Waals surface area contributed by atoms with Crippen molar-refractivity contribution in [2.75, 3.05) is 6.54 Å². The standard InChI is InChI=1S/C18H27NO/c1-17(2)8-14-9-18(3,10-17)11-19(14)16(20)15-7-12-4-5-13(15)6-12/h4-5,12-15H,6-11H2,1-3H3. The second-order valence-electron chi connectivity index (χ2n) is 9.07. The zero-order valence-electron chi connectivity index (χ0n) is 13.1. The van der Waals surface area contributed by atoms with Crippen LogP contribution in [0.25, 0.3) is 0 Å². The Balaban J connectivity index is 1.55. The van der Waals surface area contributed by atoms with Crippen molar-refractivity contribution < 1.29 is 4.79 Å². The maximum Gasteiger partial charge on any atom is 0.226 e. The molecule has 0 aromatic carbocycles. The van der Waals surface area contributed by atoms with E-state index in [0.29, 0.717) is 40.5 Å². The number of allylic oxidation sites excluding steroid dienone is 2. The van der Waals surface area contributed by atoms with Gasteiger partial charge >= 0.3 is 0 Å². The van der Waals surface area contributed by atoms with E-state index in [1.807, 2.05) is 0 Å². The Kier molecular flexibility index (Phi) is 2.52. The molecule has 0 spiro atoms. The third-order valence-electron chi connectivity index (χ3n) is 6.29. The van der Waals surface area contributed by atoms with Crippen LogP contribution in [0.2, 0.25) is 0 Å². The molecule has 2 saturated carbocycles. The molecule has 5 atom stereocenters. The first-order chi connectivity index (χ1) is 9.35. The maximum atomic E-state index is 13.0. The van der Waals surface area contributed by atoms with Gasteiger partial charge in [0.1, 0.15) is 0 Å². The highest BCUT2D eigenvalue weighted by molar-refractivity contribution is 5.81. The number of fused-ring (bicyclic) bond motifs is 4. The number of carbonyl (C=O) groups excluding carboxylic acids is 1. The van der Waals surface area contributed by atoms with E-state index in [2.05, 4.69) is 37.8 Å². The molecule has 1 heterocycles. The fourth-order valence-electron chi connectivity index (χ4n) is 6.00. The van der Waals surface area contributed by atoms with Crippen molar-refractivity contribution >= 4 is 5.91 Å². The van der Waals surface area contributed by atoms with Gasteiger partial charge in [-0.1, -0.05) is 32.9 Å². The number of rotatable bonds is 1. The van der Waals surface area contributed by atoms with Gasteiger partial charge in [0.25, 0.3) is 0 Å². The van der Waals surface area contributed by atoms with Gasteiger partial charge in [-0.2, -0.15) is 0 Å². The van der Waals surface area contributed by atoms with Crippen LogP contribution in [0.15, 0.2) is 12.2 Å². The summed E-state index contributed by atoms with van der Waals surface area (Å²) in [6.07, 6.45) is 10.7. The minimum Gasteiger partial charge on any atom is -0.339 e. The number of hydrogen-bond acceptors (Lipinski definition) is 1. The van der Waals surface area contributed by atoms with Gasteiger partial charge in [-0.15, -0.1) is 0 Å². The zero-order chi connectivity index (χ0) is 14.1. The molecule has 1 aliphatic heterocycles. The Labute approximate surface area is 122 Å². The van der Waals surface area contributed by atoms with E-state index in [-0.39, 0.29) is 0 Å². The molecular weight excluding hydrogens is 246 g/mol. The van der Waals surface area contributed by atoms with E-state index in [1.54, 1.807) is 0 Å². The Hall–Kier alpha value is -0.790. The highest BCUT2D eigenvalue weighted by atomic mass is 16.2. The molecule has 4 aliphatic rings. The van der Waals surface area contributed by atoms with E-state index < -0.39 is 0 Å². The Morgan fingerprint density at radius 3 is 2.60 bits per heavy atom. The normalized spacial score (nSPS) is 48.0. The summed E-state index contributed by atoms with van der Waals surface area (Å²) < 4.78 is 0. The minimum atomic E-state index is 0.302. The third-order valence-corrected chi connectivity index (χ3v) is 6.29. The molecular formula is C18H27NO. The van der Waals surface area contributed by atoms with Crippen LogP contribution in [0.3, 0.4) is 0 Å². The van der Waals surface area contributed by atoms with Crippen molar-refractivity contribution in [1.29, 1.82) is 0 Å². The quantitative estimate of drug-likeness (QED) is 0.668. The zero-order valence-corrected chi connectivity index (χ0v) is 13.1. The van der Waals surface area contributed by atoms with Crippen LogP contribution in [0, 0.1) is 28.6 Å². The lowest BCUT2D eigenvalue weighted by atomic mass is 9.65. The molecule has 0 radical (unpaired) electrons. The topological polar surface area (TPSA) is 20.3 Å². The van der Waals surface area contributed by atoms with Crippen LogP contribution in [0.5, 0.6) is 0 Å². The van der Waals surface area contributed by atoms with Gasteiger partial charge in [0.15, 0.2) is 0 Å². The van der Waals surface area contributed by atoms with Gasteiger partial charge in [0.2, 0.25) is 5.91 Å². The van der Waals surface area contributed by atoms with Crippen molar-refractivity contribution in [2.45, 2.75) is 58.9 Å². The summed E-state index contributed by atoms with van der Waals surface area (Å²) in [4.78, 5) is 15.3. The first-order valence-electron chi connectivity index (χ1n) is 8.34. The SMILES string of the molecule is CC1(C)CC2CC(C)(CN2C(=O)C2CC3C=CC2C3)C1. The highest BCUT2D eigenvalue weighted by Gasteiger charge is 2.53. The van der Waals surface area contributed by atoms with Crippen LogP contribution in [0.4, 0.5) is 0 Å². The first-order valence-corrected chi connectivity index (χ1v) is 8.34. The van der Waals surface area contributed by atoms with E-state index in [4.69, 9.17) is 0 Å². The molecule has 0 N–H and O–H groups in total. The molecule has 5 unspecified atom stereocenters. The van der Waals surface area contributed by atoms with E-state index in [1.165, 1.54) is 25.7 Å². The van der Waals surface area contributed by atoms with Crippen LogP contribution < -0.4 is 0 Å². The summed E-state index contributed by atoms with van der Waals surface area (Å²) in [5.74, 6) is 2.03. The van der Waals surface area contributed by atoms with Crippen LogP contribution in [-0.2, 0) is 4.79 Å². The van der Waals surface area contributed by atoms with E-state index in [9.17, 15) is 4.79 Å². The second kappa shape index (κ2) is 3.90. The number of nitrogens with zero attached hydrogens (tertiary/aromatic N) is 1. The summed E-state index contributed by atoms with van der Waals surface area (Å²) >= 11 is 0. The highest BCUT2D eigenvalue weighted by Crippen LogP contribution is 2.54. The second-order valence-corrected chi connectivity index (χ2v) is 9.07. The van der Waals surface area contributed by atoms with Gasteiger partial charge in [-0.05, 0) is 54.8 Å². The molecule has 0 aromatic rings. The lowest BCUT2D eigenvalue weighted by Crippen LogP contribution is -2.41. The largest absolute Gasteiger partial charge is 0.339 e. The molecule has 0 aromatic heterocycles. The van der Waals surface area contributed by atoms with Gasteiger partial charge in [0, 0.05) is 18.5 Å². The minimum absolute atomic E-state index is 0.302. The number of carbonyl (C=O) groups is 1. The Morgan fingerprint density at radius 2 is 1.95 bits per heavy atom. The van der Waals surface area contributed by atoms with E-state index in [0.717, 1.165) is 13.0 Å². The lowest BCUT2D eigenvalue weighted by molar-refractivity contribution is -0.137. The monoisotopic (exact) mass is 273 g/mol. The van der Waals surface area contributed by atoms with Crippen LogP contribution >= 0.6 is 0 Å². The smallest absolute Gasteiger partial charge is 0.226 e. The predicted octanol–water partition coefficient (Wildman–Crippen LogP) is 3.63. The summed E-state index contributed by atoms with van der Waals surface area (Å²) in [7, 11) is 0. The molecule has 2 nitrogen and oxygen atoms in total. The van der Waals surface area contributed by atoms with Gasteiger partial charge in [-0.25, -0.2) is 0 Å². The van der Waals surface area contributed by atoms with Crippen molar-refractivity contribution in [3.05, 3.63) is 12.2 Å². The summed E-state index contributed by atoms with van der Waals surface area (Å²) in [6, 6.07) is 0.513. The first kappa shape index (κ1) is 12.9.